The summed E-state index contributed by atoms with van der Waals surface area (Å²) in [5.74, 6) is -0.465. The second-order valence-electron chi connectivity index (χ2n) is 8.86. The van der Waals surface area contributed by atoms with Crippen molar-refractivity contribution in [2.24, 2.45) is 17.3 Å². The first-order valence-corrected chi connectivity index (χ1v) is 10.4. The van der Waals surface area contributed by atoms with Crippen molar-refractivity contribution in [1.29, 1.82) is 0 Å². The van der Waals surface area contributed by atoms with E-state index in [1.165, 1.54) is 0 Å². The summed E-state index contributed by atoms with van der Waals surface area (Å²) in [5, 5.41) is 25.0. The third-order valence-electron chi connectivity index (χ3n) is 5.63. The molecule has 7 nitrogen and oxygen atoms in total. The van der Waals surface area contributed by atoms with Crippen molar-refractivity contribution in [3.8, 4) is 0 Å². The van der Waals surface area contributed by atoms with Gasteiger partial charge in [0.15, 0.2) is 0 Å². The van der Waals surface area contributed by atoms with Gasteiger partial charge in [0.25, 0.3) is 5.91 Å². The minimum Gasteiger partial charge on any atom is -0.481 e. The molecule has 1 aromatic heterocycles. The number of hydrogen-bond acceptors (Lipinski definition) is 4. The fourth-order valence-electron chi connectivity index (χ4n) is 3.93. The van der Waals surface area contributed by atoms with Gasteiger partial charge in [-0.3, -0.25) is 14.3 Å². The Morgan fingerprint density at radius 3 is 2.50 bits per heavy atom. The number of carboxylic acid groups (broad SMARTS) is 1. The monoisotopic (exact) mass is 393 g/mol. The molecular formula is C21H35N3O4. The topological polar surface area (TPSA) is 95.7 Å². The van der Waals surface area contributed by atoms with Gasteiger partial charge in [-0.15, -0.1) is 0 Å². The highest BCUT2D eigenvalue weighted by Gasteiger charge is 2.50. The lowest BCUT2D eigenvalue weighted by Crippen LogP contribution is -2.57. The summed E-state index contributed by atoms with van der Waals surface area (Å²) >= 11 is 0. The molecule has 1 aliphatic heterocycles. The van der Waals surface area contributed by atoms with Crippen LogP contribution >= 0.6 is 0 Å². The number of carbonyl (C=O) groups is 2. The number of piperidine rings is 1. The summed E-state index contributed by atoms with van der Waals surface area (Å²) in [6.07, 6.45) is 1.17. The number of aromatic nitrogens is 2. The molecule has 0 aliphatic carbocycles. The van der Waals surface area contributed by atoms with Crippen LogP contribution in [0.3, 0.4) is 0 Å². The molecule has 2 rings (SSSR count). The molecule has 1 fully saturated rings. The van der Waals surface area contributed by atoms with Crippen molar-refractivity contribution in [2.45, 2.75) is 73.0 Å². The molecule has 0 unspecified atom stereocenters. The molecule has 2 heterocycles. The maximum Gasteiger partial charge on any atom is 0.314 e. The van der Waals surface area contributed by atoms with Crippen molar-refractivity contribution >= 4 is 11.9 Å². The van der Waals surface area contributed by atoms with Gasteiger partial charge in [0, 0.05) is 19.6 Å². The van der Waals surface area contributed by atoms with E-state index in [0.717, 1.165) is 12.1 Å². The SMILES string of the molecule is CCn1nc(CC(C)C)cc1C(=O)N1CC[C@@H](O)[C@](CCC(C)C)(C(=O)O)C1. The number of likely N-dealkylation sites (tertiary alicyclic amines) is 1. The highest BCUT2D eigenvalue weighted by molar-refractivity contribution is 5.93. The smallest absolute Gasteiger partial charge is 0.314 e. The normalized spacial score (nSPS) is 22.9. The number of carbonyl (C=O) groups excluding carboxylic acids is 1. The van der Waals surface area contributed by atoms with Crippen molar-refractivity contribution in [1.82, 2.24) is 14.7 Å². The largest absolute Gasteiger partial charge is 0.481 e. The number of nitrogens with zero attached hydrogens (tertiary/aromatic N) is 3. The van der Waals surface area contributed by atoms with Gasteiger partial charge in [-0.25, -0.2) is 0 Å². The van der Waals surface area contributed by atoms with Crippen LogP contribution in [0.25, 0.3) is 0 Å². The quantitative estimate of drug-likeness (QED) is 0.708. The maximum atomic E-state index is 13.2. The Balaban J connectivity index is 2.28. The van der Waals surface area contributed by atoms with Gasteiger partial charge in [-0.2, -0.15) is 5.10 Å². The van der Waals surface area contributed by atoms with E-state index in [2.05, 4.69) is 18.9 Å². The Hall–Kier alpha value is -1.89. The molecule has 2 N–H and O–H groups in total. The third kappa shape index (κ3) is 4.74. The van der Waals surface area contributed by atoms with E-state index in [1.807, 2.05) is 26.8 Å². The van der Waals surface area contributed by atoms with Gasteiger partial charge in [-0.1, -0.05) is 27.7 Å². The highest BCUT2D eigenvalue weighted by atomic mass is 16.4. The summed E-state index contributed by atoms with van der Waals surface area (Å²) in [7, 11) is 0. The summed E-state index contributed by atoms with van der Waals surface area (Å²) in [5.41, 5.74) is 0.0648. The number of hydrogen-bond donors (Lipinski definition) is 2. The molecule has 0 saturated carbocycles. The van der Waals surface area contributed by atoms with Crippen LogP contribution in [0.5, 0.6) is 0 Å². The van der Waals surface area contributed by atoms with Crippen molar-refractivity contribution < 1.29 is 19.8 Å². The number of aryl methyl sites for hydroxylation is 1. The van der Waals surface area contributed by atoms with Gasteiger partial charge in [0.2, 0.25) is 0 Å². The first-order valence-electron chi connectivity index (χ1n) is 10.4. The number of amides is 1. The Morgan fingerprint density at radius 2 is 1.96 bits per heavy atom. The van der Waals surface area contributed by atoms with Gasteiger partial charge in [0.05, 0.1) is 11.8 Å². The maximum absolute atomic E-state index is 13.2. The number of aliphatic carboxylic acids is 1. The molecule has 28 heavy (non-hydrogen) atoms. The molecule has 1 amide bonds. The van der Waals surface area contributed by atoms with Gasteiger partial charge in [-0.05, 0) is 50.5 Å². The zero-order valence-corrected chi connectivity index (χ0v) is 17.8. The van der Waals surface area contributed by atoms with E-state index in [9.17, 15) is 19.8 Å². The van der Waals surface area contributed by atoms with E-state index in [1.54, 1.807) is 9.58 Å². The van der Waals surface area contributed by atoms with E-state index in [4.69, 9.17) is 0 Å². The van der Waals surface area contributed by atoms with Gasteiger partial charge in [0.1, 0.15) is 11.1 Å². The predicted octanol–water partition coefficient (Wildman–Crippen LogP) is 2.82. The molecular weight excluding hydrogens is 358 g/mol. The van der Waals surface area contributed by atoms with Crippen molar-refractivity contribution in [3.05, 3.63) is 17.5 Å². The van der Waals surface area contributed by atoms with Crippen LogP contribution in [-0.4, -0.2) is 56.0 Å². The zero-order valence-electron chi connectivity index (χ0n) is 17.8. The standard InChI is InChI=1S/C21H35N3O4/c1-6-24-17(12-16(22-24)11-15(4)5)19(26)23-10-8-18(25)21(13-23,20(27)28)9-7-14(2)3/h12,14-15,18,25H,6-11,13H2,1-5H3,(H,27,28)/t18-,21-/m1/s1. The lowest BCUT2D eigenvalue weighted by atomic mass is 9.72. The number of aliphatic hydroxyl groups excluding tert-OH is 1. The predicted molar refractivity (Wildman–Crippen MR) is 107 cm³/mol. The van der Waals surface area contributed by atoms with Crippen LogP contribution in [0.2, 0.25) is 0 Å². The lowest BCUT2D eigenvalue weighted by Gasteiger charge is -2.43. The van der Waals surface area contributed by atoms with Crippen LogP contribution in [0.1, 0.15) is 70.1 Å². The second-order valence-corrected chi connectivity index (χ2v) is 8.86. The first kappa shape index (κ1) is 22.4. The Labute approximate surface area is 167 Å². The Morgan fingerprint density at radius 1 is 1.29 bits per heavy atom. The van der Waals surface area contributed by atoms with Crippen LogP contribution < -0.4 is 0 Å². The number of carboxylic acids is 1. The molecule has 0 bridgehead atoms. The Bertz CT molecular complexity index is 698. The van der Waals surface area contributed by atoms with Crippen molar-refractivity contribution in [2.75, 3.05) is 13.1 Å². The van der Waals surface area contributed by atoms with E-state index >= 15 is 0 Å². The summed E-state index contributed by atoms with van der Waals surface area (Å²) in [6, 6.07) is 1.83. The average molecular weight is 394 g/mol. The first-order chi connectivity index (χ1) is 13.1. The van der Waals surface area contributed by atoms with E-state index < -0.39 is 17.5 Å². The van der Waals surface area contributed by atoms with Crippen LogP contribution in [0, 0.1) is 17.3 Å². The molecule has 1 aromatic rings. The van der Waals surface area contributed by atoms with E-state index in [0.29, 0.717) is 43.5 Å². The van der Waals surface area contributed by atoms with Crippen molar-refractivity contribution in [3.63, 3.8) is 0 Å². The molecule has 1 aliphatic rings. The summed E-state index contributed by atoms with van der Waals surface area (Å²) in [4.78, 5) is 26.9. The molecule has 0 aromatic carbocycles. The lowest BCUT2D eigenvalue weighted by molar-refractivity contribution is -0.163. The molecule has 158 valence electrons. The highest BCUT2D eigenvalue weighted by Crippen LogP contribution is 2.37. The Kier molecular flexibility index (Phi) is 7.26. The van der Waals surface area contributed by atoms with Gasteiger partial charge >= 0.3 is 5.97 Å². The van der Waals surface area contributed by atoms with Crippen LogP contribution in [0.4, 0.5) is 0 Å². The fourth-order valence-corrected chi connectivity index (χ4v) is 3.93. The van der Waals surface area contributed by atoms with Crippen LogP contribution in [-0.2, 0) is 17.8 Å². The van der Waals surface area contributed by atoms with Gasteiger partial charge < -0.3 is 15.1 Å². The number of aliphatic hydroxyl groups is 1. The molecule has 7 heteroatoms. The molecule has 0 radical (unpaired) electrons. The molecule has 2 atom stereocenters. The average Bonchev–Trinajstić information content (AvgIpc) is 3.02. The number of rotatable bonds is 8. The second kappa shape index (κ2) is 9.07. The zero-order chi connectivity index (χ0) is 21.1. The van der Waals surface area contributed by atoms with E-state index in [-0.39, 0.29) is 18.9 Å². The molecule has 0 spiro atoms. The molecule has 1 saturated heterocycles. The minimum atomic E-state index is -1.31. The van der Waals surface area contributed by atoms with Crippen LogP contribution in [0.15, 0.2) is 6.07 Å². The fraction of sp³-hybridized carbons (Fsp3) is 0.762. The third-order valence-corrected chi connectivity index (χ3v) is 5.63. The summed E-state index contributed by atoms with van der Waals surface area (Å²) in [6.45, 7) is 11.2. The summed E-state index contributed by atoms with van der Waals surface area (Å²) < 4.78 is 1.70. The minimum absolute atomic E-state index is 0.0312.